The fourth-order valence-electron chi connectivity index (χ4n) is 0.694. The van der Waals surface area contributed by atoms with Crippen LogP contribution >= 0.6 is 11.3 Å². The maximum atomic E-state index is 10.8. The fraction of sp³-hybridized carbons (Fsp3) is 0.143. The minimum Gasteiger partial charge on any atom is -0.477 e. The van der Waals surface area contributed by atoms with Gasteiger partial charge in [-0.25, -0.2) is 9.59 Å². The number of nitrogens with one attached hydrogen (secondary N) is 2. The number of carbonyl (C=O) groups excluding carboxylic acids is 1. The predicted molar refractivity (Wildman–Crippen MR) is 49.4 cm³/mol. The molecule has 1 aromatic heterocycles. The summed E-state index contributed by atoms with van der Waals surface area (Å²) in [5, 5.41) is 13.9. The third kappa shape index (κ3) is 2.45. The first-order valence-corrected chi connectivity index (χ1v) is 4.27. The van der Waals surface area contributed by atoms with Crippen LogP contribution in [0.2, 0.25) is 0 Å². The largest absolute Gasteiger partial charge is 0.477 e. The number of hydrogen-bond donors (Lipinski definition) is 3. The van der Waals surface area contributed by atoms with E-state index < -0.39 is 5.97 Å². The number of hydrogen-bond acceptors (Lipinski definition) is 3. The number of carbonyl (C=O) groups is 2. The summed E-state index contributed by atoms with van der Waals surface area (Å²) in [5.74, 6) is -0.991. The van der Waals surface area contributed by atoms with Crippen molar-refractivity contribution in [1.29, 1.82) is 0 Å². The van der Waals surface area contributed by atoms with Gasteiger partial charge in [0.15, 0.2) is 0 Å². The molecule has 0 spiro atoms. The van der Waals surface area contributed by atoms with Crippen molar-refractivity contribution >= 4 is 28.3 Å². The first kappa shape index (κ1) is 9.53. The molecule has 0 radical (unpaired) electrons. The normalized spacial score (nSPS) is 9.31. The van der Waals surface area contributed by atoms with Crippen LogP contribution in [0.5, 0.6) is 0 Å². The van der Waals surface area contributed by atoms with Gasteiger partial charge >= 0.3 is 12.0 Å². The Bertz CT molecular complexity index is 334. The Morgan fingerprint density at radius 3 is 2.62 bits per heavy atom. The van der Waals surface area contributed by atoms with Crippen LogP contribution in [0.15, 0.2) is 12.1 Å². The van der Waals surface area contributed by atoms with Gasteiger partial charge in [-0.05, 0) is 12.1 Å². The van der Waals surface area contributed by atoms with Crippen molar-refractivity contribution in [3.8, 4) is 0 Å². The summed E-state index contributed by atoms with van der Waals surface area (Å²) < 4.78 is 0. The SMILES string of the molecule is CNC(=O)Nc1ccc(C(=O)O)s1. The summed E-state index contributed by atoms with van der Waals surface area (Å²) in [5.41, 5.74) is 0. The molecule has 1 rings (SSSR count). The quantitative estimate of drug-likeness (QED) is 0.671. The lowest BCUT2D eigenvalue weighted by atomic mass is 10.5. The van der Waals surface area contributed by atoms with Crippen LogP contribution in [0.3, 0.4) is 0 Å². The molecule has 0 aliphatic carbocycles. The Morgan fingerprint density at radius 1 is 1.46 bits per heavy atom. The number of amides is 2. The molecular weight excluding hydrogens is 192 g/mol. The number of carboxylic acid groups (broad SMARTS) is 1. The monoisotopic (exact) mass is 200 g/mol. The molecule has 0 saturated carbocycles. The molecule has 0 atom stereocenters. The van der Waals surface area contributed by atoms with E-state index in [0.29, 0.717) is 5.00 Å². The van der Waals surface area contributed by atoms with Crippen molar-refractivity contribution in [1.82, 2.24) is 5.32 Å². The molecule has 3 N–H and O–H groups in total. The van der Waals surface area contributed by atoms with Crippen molar-refractivity contribution in [2.75, 3.05) is 12.4 Å². The number of anilines is 1. The highest BCUT2D eigenvalue weighted by Crippen LogP contribution is 2.21. The van der Waals surface area contributed by atoms with Crippen molar-refractivity contribution in [2.45, 2.75) is 0 Å². The van der Waals surface area contributed by atoms with Gasteiger partial charge in [-0.15, -0.1) is 11.3 Å². The van der Waals surface area contributed by atoms with Crippen molar-refractivity contribution in [3.05, 3.63) is 17.0 Å². The van der Waals surface area contributed by atoms with Crippen LogP contribution in [0, 0.1) is 0 Å². The summed E-state index contributed by atoms with van der Waals surface area (Å²) >= 11 is 1.01. The molecule has 0 bridgehead atoms. The Kier molecular flexibility index (Phi) is 2.86. The van der Waals surface area contributed by atoms with Crippen LogP contribution in [-0.4, -0.2) is 24.2 Å². The second-order valence-electron chi connectivity index (χ2n) is 2.17. The smallest absolute Gasteiger partial charge is 0.345 e. The van der Waals surface area contributed by atoms with Gasteiger partial charge in [0.2, 0.25) is 0 Å². The first-order chi connectivity index (χ1) is 6.13. The lowest BCUT2D eigenvalue weighted by molar-refractivity contribution is 0.0702. The molecule has 2 amide bonds. The maximum Gasteiger partial charge on any atom is 0.345 e. The molecule has 0 aliphatic heterocycles. The number of aromatic carboxylic acids is 1. The molecule has 0 unspecified atom stereocenters. The van der Waals surface area contributed by atoms with Gasteiger partial charge in [0.05, 0.1) is 5.00 Å². The van der Waals surface area contributed by atoms with E-state index in [9.17, 15) is 9.59 Å². The van der Waals surface area contributed by atoms with E-state index in [1.54, 1.807) is 6.07 Å². The third-order valence-electron chi connectivity index (χ3n) is 1.28. The molecule has 0 saturated heterocycles. The highest BCUT2D eigenvalue weighted by atomic mass is 32.1. The van der Waals surface area contributed by atoms with E-state index in [0.717, 1.165) is 11.3 Å². The van der Waals surface area contributed by atoms with Gasteiger partial charge in [0.1, 0.15) is 4.88 Å². The Morgan fingerprint density at radius 2 is 2.15 bits per heavy atom. The zero-order valence-electron chi connectivity index (χ0n) is 6.83. The second-order valence-corrected chi connectivity index (χ2v) is 3.26. The highest BCUT2D eigenvalue weighted by Gasteiger charge is 2.07. The molecule has 13 heavy (non-hydrogen) atoms. The van der Waals surface area contributed by atoms with Crippen molar-refractivity contribution in [2.24, 2.45) is 0 Å². The second kappa shape index (κ2) is 3.90. The van der Waals surface area contributed by atoms with Crippen LogP contribution in [0.4, 0.5) is 9.80 Å². The molecule has 6 heteroatoms. The van der Waals surface area contributed by atoms with Crippen molar-refractivity contribution < 1.29 is 14.7 Å². The molecule has 0 fully saturated rings. The molecular formula is C7H8N2O3S. The summed E-state index contributed by atoms with van der Waals surface area (Å²) in [6.45, 7) is 0. The third-order valence-corrected chi connectivity index (χ3v) is 2.27. The van der Waals surface area contributed by atoms with E-state index in [1.807, 2.05) is 0 Å². The van der Waals surface area contributed by atoms with Gasteiger partial charge in [-0.3, -0.25) is 5.32 Å². The molecule has 0 aromatic carbocycles. The van der Waals surface area contributed by atoms with Crippen LogP contribution < -0.4 is 10.6 Å². The van der Waals surface area contributed by atoms with Crippen LogP contribution in [-0.2, 0) is 0 Å². The van der Waals surface area contributed by atoms with E-state index in [-0.39, 0.29) is 10.9 Å². The van der Waals surface area contributed by atoms with Crippen LogP contribution in [0.1, 0.15) is 9.67 Å². The minimum absolute atomic E-state index is 0.200. The molecule has 70 valence electrons. The Hall–Kier alpha value is -1.56. The van der Waals surface area contributed by atoms with Gasteiger partial charge in [-0.2, -0.15) is 0 Å². The molecule has 5 nitrogen and oxygen atoms in total. The minimum atomic E-state index is -0.991. The first-order valence-electron chi connectivity index (χ1n) is 3.45. The van der Waals surface area contributed by atoms with Gasteiger partial charge in [-0.1, -0.05) is 0 Å². The summed E-state index contributed by atoms with van der Waals surface area (Å²) in [4.78, 5) is 21.4. The number of rotatable bonds is 2. The van der Waals surface area contributed by atoms with Gasteiger partial charge < -0.3 is 10.4 Å². The molecule has 1 heterocycles. The number of carboxylic acids is 1. The highest BCUT2D eigenvalue weighted by molar-refractivity contribution is 7.18. The van der Waals surface area contributed by atoms with Crippen molar-refractivity contribution in [3.63, 3.8) is 0 Å². The van der Waals surface area contributed by atoms with Gasteiger partial charge in [0.25, 0.3) is 0 Å². The molecule has 1 aromatic rings. The van der Waals surface area contributed by atoms with E-state index in [4.69, 9.17) is 5.11 Å². The average Bonchev–Trinajstić information content (AvgIpc) is 2.52. The Labute approximate surface area is 78.4 Å². The Balaban J connectivity index is 2.69. The predicted octanol–water partition coefficient (Wildman–Crippen LogP) is 1.20. The zero-order valence-corrected chi connectivity index (χ0v) is 7.64. The number of urea groups is 1. The standard InChI is InChI=1S/C7H8N2O3S/c1-8-7(12)9-5-3-2-4(13-5)6(10)11/h2-3H,1H3,(H,10,11)(H2,8,9,12). The maximum absolute atomic E-state index is 10.8. The van der Waals surface area contributed by atoms with Crippen LogP contribution in [0.25, 0.3) is 0 Å². The summed E-state index contributed by atoms with van der Waals surface area (Å²) in [6.07, 6.45) is 0. The van der Waals surface area contributed by atoms with E-state index in [2.05, 4.69) is 10.6 Å². The van der Waals surface area contributed by atoms with E-state index in [1.165, 1.54) is 13.1 Å². The number of thiophene rings is 1. The lowest BCUT2D eigenvalue weighted by Crippen LogP contribution is -2.23. The average molecular weight is 200 g/mol. The van der Waals surface area contributed by atoms with E-state index >= 15 is 0 Å². The fourth-order valence-corrected chi connectivity index (χ4v) is 1.43. The summed E-state index contributed by atoms with van der Waals surface area (Å²) in [7, 11) is 1.49. The lowest BCUT2D eigenvalue weighted by Gasteiger charge is -1.98. The molecule has 0 aliphatic rings. The van der Waals surface area contributed by atoms with Gasteiger partial charge in [0, 0.05) is 7.05 Å². The summed E-state index contributed by atoms with van der Waals surface area (Å²) in [6, 6.07) is 2.63. The topological polar surface area (TPSA) is 78.4 Å². The zero-order chi connectivity index (χ0) is 9.84.